The molecule has 1 N–H and O–H groups in total. The van der Waals surface area contributed by atoms with Crippen LogP contribution >= 0.6 is 0 Å². The maximum atomic E-state index is 12.6. The van der Waals surface area contributed by atoms with Gasteiger partial charge in [-0.1, -0.05) is 13.8 Å². The van der Waals surface area contributed by atoms with E-state index in [2.05, 4.69) is 29.0 Å². The third kappa shape index (κ3) is 4.19. The monoisotopic (exact) mass is 281 g/mol. The summed E-state index contributed by atoms with van der Waals surface area (Å²) in [6.45, 7) is 7.28. The summed E-state index contributed by atoms with van der Waals surface area (Å²) in [5, 5.41) is 3.67. The zero-order valence-electron chi connectivity index (χ0n) is 13.6. The van der Waals surface area contributed by atoms with Crippen LogP contribution in [0.5, 0.6) is 0 Å². The van der Waals surface area contributed by atoms with Gasteiger partial charge in [0.15, 0.2) is 0 Å². The average Bonchev–Trinajstić information content (AvgIpc) is 3.20. The first-order chi connectivity index (χ1) is 9.49. The first-order valence-electron chi connectivity index (χ1n) is 8.17. The summed E-state index contributed by atoms with van der Waals surface area (Å²) in [6, 6.07) is 0.641. The zero-order valence-corrected chi connectivity index (χ0v) is 13.6. The van der Waals surface area contributed by atoms with Crippen molar-refractivity contribution in [3.05, 3.63) is 0 Å². The van der Waals surface area contributed by atoms with Gasteiger partial charge in [0.25, 0.3) is 0 Å². The largest absolute Gasteiger partial charge is 0.341 e. The third-order valence-corrected chi connectivity index (χ3v) is 4.64. The summed E-state index contributed by atoms with van der Waals surface area (Å²) < 4.78 is 0. The van der Waals surface area contributed by atoms with Crippen LogP contribution in [0.25, 0.3) is 0 Å². The number of hydrogen-bond acceptors (Lipinski definition) is 3. The van der Waals surface area contributed by atoms with Gasteiger partial charge in [-0.3, -0.25) is 9.69 Å². The molecule has 0 bridgehead atoms. The highest BCUT2D eigenvalue weighted by Crippen LogP contribution is 2.28. The molecule has 2 aliphatic rings. The molecule has 0 radical (unpaired) electrons. The van der Waals surface area contributed by atoms with Gasteiger partial charge >= 0.3 is 0 Å². The Morgan fingerprint density at radius 2 is 1.80 bits per heavy atom. The fourth-order valence-corrected chi connectivity index (χ4v) is 3.25. The molecule has 1 aliphatic carbocycles. The van der Waals surface area contributed by atoms with Crippen molar-refractivity contribution in [1.82, 2.24) is 15.1 Å². The molecule has 2 rings (SSSR count). The molecule has 1 heterocycles. The average molecular weight is 281 g/mol. The number of carbonyl (C=O) groups excluding carboxylic acids is 1. The molecule has 2 fully saturated rings. The van der Waals surface area contributed by atoms with E-state index in [9.17, 15) is 4.79 Å². The molecule has 1 atom stereocenters. The van der Waals surface area contributed by atoms with Gasteiger partial charge in [-0.2, -0.15) is 0 Å². The molecule has 4 heteroatoms. The standard InChI is InChI=1S/C16H31N3O/c1-12(2)15(18(3)4)16(20)19-9-7-14(8-10-19)17-11-13-5-6-13/h12-15,17H,5-11H2,1-4H3. The van der Waals surface area contributed by atoms with Crippen molar-refractivity contribution < 1.29 is 4.79 Å². The lowest BCUT2D eigenvalue weighted by Gasteiger charge is -2.37. The maximum absolute atomic E-state index is 12.6. The van der Waals surface area contributed by atoms with E-state index >= 15 is 0 Å². The van der Waals surface area contributed by atoms with Crippen molar-refractivity contribution in [3.8, 4) is 0 Å². The molecule has 0 aromatic rings. The van der Waals surface area contributed by atoms with Crippen molar-refractivity contribution >= 4 is 5.91 Å². The lowest BCUT2D eigenvalue weighted by atomic mass is 9.99. The highest BCUT2D eigenvalue weighted by molar-refractivity contribution is 5.82. The zero-order chi connectivity index (χ0) is 14.7. The fraction of sp³-hybridized carbons (Fsp3) is 0.938. The van der Waals surface area contributed by atoms with Gasteiger partial charge in [-0.25, -0.2) is 0 Å². The Balaban J connectivity index is 1.77. The van der Waals surface area contributed by atoms with Gasteiger partial charge in [0.2, 0.25) is 5.91 Å². The number of piperidine rings is 1. The smallest absolute Gasteiger partial charge is 0.240 e. The van der Waals surface area contributed by atoms with Gasteiger partial charge in [-0.05, 0) is 58.2 Å². The van der Waals surface area contributed by atoms with Gasteiger partial charge < -0.3 is 10.2 Å². The summed E-state index contributed by atoms with van der Waals surface area (Å²) in [4.78, 5) is 16.8. The van der Waals surface area contributed by atoms with Crippen molar-refractivity contribution in [3.63, 3.8) is 0 Å². The van der Waals surface area contributed by atoms with E-state index in [1.165, 1.54) is 19.4 Å². The Morgan fingerprint density at radius 3 is 2.25 bits per heavy atom. The molecule has 20 heavy (non-hydrogen) atoms. The van der Waals surface area contributed by atoms with Crippen LogP contribution in [0.15, 0.2) is 0 Å². The molecule has 1 unspecified atom stereocenters. The lowest BCUT2D eigenvalue weighted by Crippen LogP contribution is -2.52. The molecule has 1 saturated heterocycles. The lowest BCUT2D eigenvalue weighted by molar-refractivity contribution is -0.138. The van der Waals surface area contributed by atoms with Crippen LogP contribution in [0.4, 0.5) is 0 Å². The molecule has 0 aromatic heterocycles. The van der Waals surface area contributed by atoms with Crippen LogP contribution < -0.4 is 5.32 Å². The quantitative estimate of drug-likeness (QED) is 0.802. The van der Waals surface area contributed by atoms with Crippen LogP contribution in [0.2, 0.25) is 0 Å². The number of amides is 1. The van der Waals surface area contributed by atoms with Crippen LogP contribution in [0.1, 0.15) is 39.5 Å². The number of carbonyl (C=O) groups is 1. The molecular formula is C16H31N3O. The number of hydrogen-bond donors (Lipinski definition) is 1. The number of likely N-dealkylation sites (N-methyl/N-ethyl adjacent to an activating group) is 1. The number of rotatable bonds is 6. The second-order valence-electron chi connectivity index (χ2n) is 7.10. The molecule has 1 saturated carbocycles. The first-order valence-corrected chi connectivity index (χ1v) is 8.17. The number of nitrogens with one attached hydrogen (secondary N) is 1. The van der Waals surface area contributed by atoms with Crippen LogP contribution in [-0.4, -0.2) is 61.5 Å². The van der Waals surface area contributed by atoms with E-state index in [1.54, 1.807) is 0 Å². The predicted octanol–water partition coefficient (Wildman–Crippen LogP) is 1.56. The molecule has 4 nitrogen and oxygen atoms in total. The van der Waals surface area contributed by atoms with Crippen molar-refractivity contribution in [2.45, 2.75) is 51.6 Å². The van der Waals surface area contributed by atoms with Crippen molar-refractivity contribution in [2.75, 3.05) is 33.7 Å². The Labute approximate surface area is 123 Å². The Kier molecular flexibility index (Phi) is 5.44. The van der Waals surface area contributed by atoms with E-state index in [-0.39, 0.29) is 6.04 Å². The van der Waals surface area contributed by atoms with E-state index in [4.69, 9.17) is 0 Å². The summed E-state index contributed by atoms with van der Waals surface area (Å²) >= 11 is 0. The molecule has 0 aromatic carbocycles. The van der Waals surface area contributed by atoms with Crippen molar-refractivity contribution in [2.24, 2.45) is 11.8 Å². The Bertz CT molecular complexity index is 310. The van der Waals surface area contributed by atoms with Gasteiger partial charge in [0.1, 0.15) is 0 Å². The summed E-state index contributed by atoms with van der Waals surface area (Å²) in [6.07, 6.45) is 5.03. The predicted molar refractivity (Wildman–Crippen MR) is 82.6 cm³/mol. The van der Waals surface area contributed by atoms with Gasteiger partial charge in [0, 0.05) is 19.1 Å². The van der Waals surface area contributed by atoms with E-state index in [0.29, 0.717) is 17.9 Å². The Morgan fingerprint density at radius 1 is 1.20 bits per heavy atom. The minimum atomic E-state index is 0.0194. The van der Waals surface area contributed by atoms with Gasteiger partial charge in [0.05, 0.1) is 6.04 Å². The summed E-state index contributed by atoms with van der Waals surface area (Å²) in [7, 11) is 4.01. The van der Waals surface area contributed by atoms with Gasteiger partial charge in [-0.15, -0.1) is 0 Å². The number of nitrogens with zero attached hydrogens (tertiary/aromatic N) is 2. The second kappa shape index (κ2) is 6.90. The molecule has 0 spiro atoms. The maximum Gasteiger partial charge on any atom is 0.240 e. The summed E-state index contributed by atoms with van der Waals surface area (Å²) in [5.41, 5.74) is 0. The minimum absolute atomic E-state index is 0.0194. The molecule has 116 valence electrons. The highest BCUT2D eigenvalue weighted by Gasteiger charge is 2.31. The van der Waals surface area contributed by atoms with E-state index in [0.717, 1.165) is 31.8 Å². The SMILES string of the molecule is CC(C)C(C(=O)N1CCC(NCC2CC2)CC1)N(C)C. The summed E-state index contributed by atoms with van der Waals surface area (Å²) in [5.74, 6) is 1.61. The normalized spacial score (nSPS) is 22.6. The molecule has 1 aliphatic heterocycles. The first kappa shape index (κ1) is 15.8. The Hall–Kier alpha value is -0.610. The van der Waals surface area contributed by atoms with Crippen LogP contribution in [-0.2, 0) is 4.79 Å². The number of likely N-dealkylation sites (tertiary alicyclic amines) is 1. The molecular weight excluding hydrogens is 250 g/mol. The van der Waals surface area contributed by atoms with Crippen LogP contribution in [0, 0.1) is 11.8 Å². The van der Waals surface area contributed by atoms with Crippen molar-refractivity contribution in [1.29, 1.82) is 0 Å². The van der Waals surface area contributed by atoms with E-state index < -0.39 is 0 Å². The second-order valence-corrected chi connectivity index (χ2v) is 7.10. The van der Waals surface area contributed by atoms with E-state index in [1.807, 2.05) is 14.1 Å². The highest BCUT2D eigenvalue weighted by atomic mass is 16.2. The minimum Gasteiger partial charge on any atom is -0.341 e. The fourth-order valence-electron chi connectivity index (χ4n) is 3.25. The van der Waals surface area contributed by atoms with Crippen LogP contribution in [0.3, 0.4) is 0 Å². The third-order valence-electron chi connectivity index (χ3n) is 4.64. The molecule has 1 amide bonds. The topological polar surface area (TPSA) is 35.6 Å².